The summed E-state index contributed by atoms with van der Waals surface area (Å²) in [6.45, 7) is 2.90. The summed E-state index contributed by atoms with van der Waals surface area (Å²) >= 11 is 0. The number of anilines is 1. The molecule has 0 saturated carbocycles. The van der Waals surface area contributed by atoms with E-state index in [0.717, 1.165) is 16.8 Å². The standard InChI is InChI=1S/C24H27N3O6S/c1-16-4-10-19(11-5-16)34(31,32)25-18-8-6-17(7-9-18)15-21-20(3-2-13-27(21)30)26-14-12-22-24(26,33-22)23(28)29/h3-11,21-22,25,30H,2,12-15H2,1H3,(H,28,29)/t21?,22?,24-/m1/s1. The number of ether oxygens (including phenoxy) is 1. The lowest BCUT2D eigenvalue weighted by Gasteiger charge is -2.38. The van der Waals surface area contributed by atoms with Gasteiger partial charge in [-0.05, 0) is 56.0 Å². The van der Waals surface area contributed by atoms with Crippen LogP contribution in [-0.2, 0) is 26.0 Å². The molecule has 10 heteroatoms. The predicted octanol–water partition coefficient (Wildman–Crippen LogP) is 2.57. The maximum absolute atomic E-state index is 12.6. The first-order valence-corrected chi connectivity index (χ1v) is 12.7. The monoisotopic (exact) mass is 485 g/mol. The Labute approximate surface area is 198 Å². The van der Waals surface area contributed by atoms with Gasteiger partial charge >= 0.3 is 5.97 Å². The Bertz CT molecular complexity index is 1230. The number of fused-ring (bicyclic) bond motifs is 1. The van der Waals surface area contributed by atoms with Gasteiger partial charge in [-0.2, -0.15) is 5.06 Å². The Hall–Kier alpha value is -2.92. The number of carbonyl (C=O) groups is 1. The second-order valence-corrected chi connectivity index (χ2v) is 10.6. The van der Waals surface area contributed by atoms with E-state index in [2.05, 4.69) is 4.72 Å². The normalized spacial score (nSPS) is 26.6. The molecule has 0 spiro atoms. The predicted molar refractivity (Wildman–Crippen MR) is 124 cm³/mol. The molecule has 2 unspecified atom stereocenters. The van der Waals surface area contributed by atoms with Crippen molar-refractivity contribution < 1.29 is 28.3 Å². The number of carboxylic acid groups (broad SMARTS) is 1. The summed E-state index contributed by atoms with van der Waals surface area (Å²) in [6.07, 6.45) is 3.35. The number of nitrogens with zero attached hydrogens (tertiary/aromatic N) is 2. The molecule has 2 aromatic carbocycles. The molecule has 3 N–H and O–H groups in total. The molecule has 3 aliphatic heterocycles. The van der Waals surface area contributed by atoms with Crippen LogP contribution in [0.3, 0.4) is 0 Å². The number of nitrogens with one attached hydrogen (secondary N) is 1. The molecule has 2 saturated heterocycles. The molecule has 34 heavy (non-hydrogen) atoms. The zero-order chi connectivity index (χ0) is 24.1. The highest BCUT2D eigenvalue weighted by molar-refractivity contribution is 7.92. The van der Waals surface area contributed by atoms with Gasteiger partial charge in [-0.3, -0.25) is 4.72 Å². The van der Waals surface area contributed by atoms with Gasteiger partial charge in [-0.1, -0.05) is 35.9 Å². The molecule has 5 rings (SSSR count). The first-order chi connectivity index (χ1) is 16.2. The highest BCUT2D eigenvalue weighted by Gasteiger charge is 2.71. The Morgan fingerprint density at radius 1 is 1.15 bits per heavy atom. The second-order valence-electron chi connectivity index (χ2n) is 8.96. The number of hydroxylamine groups is 2. The van der Waals surface area contributed by atoms with E-state index in [1.165, 1.54) is 5.06 Å². The highest BCUT2D eigenvalue weighted by atomic mass is 32.2. The first kappa shape index (κ1) is 22.9. The van der Waals surface area contributed by atoms with Gasteiger partial charge in [0, 0.05) is 24.5 Å². The van der Waals surface area contributed by atoms with Crippen LogP contribution in [0, 0.1) is 6.92 Å². The van der Waals surface area contributed by atoms with Gasteiger partial charge in [-0.15, -0.1) is 0 Å². The van der Waals surface area contributed by atoms with Crippen molar-refractivity contribution in [1.82, 2.24) is 9.96 Å². The van der Waals surface area contributed by atoms with Crippen molar-refractivity contribution in [2.45, 2.75) is 49.0 Å². The van der Waals surface area contributed by atoms with Crippen LogP contribution in [-0.4, -0.2) is 65.6 Å². The molecular weight excluding hydrogens is 458 g/mol. The van der Waals surface area contributed by atoms with Crippen LogP contribution in [0.2, 0.25) is 0 Å². The Kier molecular flexibility index (Phi) is 5.64. The largest absolute Gasteiger partial charge is 0.478 e. The van der Waals surface area contributed by atoms with Crippen LogP contribution in [0.4, 0.5) is 5.69 Å². The molecule has 3 atom stereocenters. The summed E-state index contributed by atoms with van der Waals surface area (Å²) < 4.78 is 33.4. The van der Waals surface area contributed by atoms with Gasteiger partial charge in [0.15, 0.2) is 0 Å². The second kappa shape index (κ2) is 8.38. The van der Waals surface area contributed by atoms with E-state index in [1.54, 1.807) is 53.4 Å². The van der Waals surface area contributed by atoms with Gasteiger partial charge in [0.1, 0.15) is 6.10 Å². The van der Waals surface area contributed by atoms with Crippen molar-refractivity contribution >= 4 is 21.7 Å². The fourth-order valence-corrected chi connectivity index (χ4v) is 5.92. The highest BCUT2D eigenvalue weighted by Crippen LogP contribution is 2.50. The minimum absolute atomic E-state index is 0.189. The molecule has 3 heterocycles. The number of hydrogen-bond acceptors (Lipinski definition) is 7. The van der Waals surface area contributed by atoms with Gasteiger partial charge < -0.3 is 20.0 Å². The maximum Gasteiger partial charge on any atom is 0.360 e. The zero-order valence-corrected chi connectivity index (χ0v) is 19.5. The van der Waals surface area contributed by atoms with Gasteiger partial charge in [-0.25, -0.2) is 13.2 Å². The molecule has 0 bridgehead atoms. The summed E-state index contributed by atoms with van der Waals surface area (Å²) in [7, 11) is -3.70. The smallest absolute Gasteiger partial charge is 0.360 e. The Morgan fingerprint density at radius 2 is 1.85 bits per heavy atom. The van der Waals surface area contributed by atoms with E-state index in [-0.39, 0.29) is 11.0 Å². The summed E-state index contributed by atoms with van der Waals surface area (Å²) in [5.74, 6) is -1.00. The number of epoxide rings is 1. The quantitative estimate of drug-likeness (QED) is 0.512. The van der Waals surface area contributed by atoms with Crippen molar-refractivity contribution in [3.05, 3.63) is 71.4 Å². The minimum Gasteiger partial charge on any atom is -0.478 e. The maximum atomic E-state index is 12.6. The lowest BCUT2D eigenvalue weighted by atomic mass is 9.97. The lowest BCUT2D eigenvalue weighted by Crippen LogP contribution is -2.50. The first-order valence-electron chi connectivity index (χ1n) is 11.2. The van der Waals surface area contributed by atoms with Gasteiger partial charge in [0.25, 0.3) is 15.7 Å². The van der Waals surface area contributed by atoms with Gasteiger partial charge in [0.05, 0.1) is 10.9 Å². The fourth-order valence-electron chi connectivity index (χ4n) is 4.86. The molecule has 0 aliphatic carbocycles. The topological polar surface area (TPSA) is 123 Å². The van der Waals surface area contributed by atoms with E-state index in [1.807, 2.05) is 13.0 Å². The molecule has 2 fully saturated rings. The van der Waals surface area contributed by atoms with E-state index in [9.17, 15) is 23.5 Å². The van der Waals surface area contributed by atoms with Crippen LogP contribution in [0.1, 0.15) is 24.0 Å². The summed E-state index contributed by atoms with van der Waals surface area (Å²) in [5, 5.41) is 21.6. The molecule has 180 valence electrons. The number of aryl methyl sites for hydroxylation is 1. The molecule has 0 amide bonds. The number of likely N-dealkylation sites (tertiary alicyclic amines) is 1. The molecule has 2 aromatic rings. The van der Waals surface area contributed by atoms with Crippen molar-refractivity contribution in [2.24, 2.45) is 0 Å². The van der Waals surface area contributed by atoms with Crippen molar-refractivity contribution in [3.63, 3.8) is 0 Å². The van der Waals surface area contributed by atoms with Gasteiger partial charge in [0.2, 0.25) is 0 Å². The number of aliphatic carboxylic acids is 1. The molecule has 0 radical (unpaired) electrons. The fraction of sp³-hybridized carbons (Fsp3) is 0.375. The van der Waals surface area contributed by atoms with E-state index >= 15 is 0 Å². The summed E-state index contributed by atoms with van der Waals surface area (Å²) in [5.41, 5.74) is 1.72. The minimum atomic E-state index is -3.70. The number of sulfonamides is 1. The van der Waals surface area contributed by atoms with Crippen LogP contribution in [0.25, 0.3) is 0 Å². The van der Waals surface area contributed by atoms with E-state index in [0.29, 0.717) is 38.0 Å². The zero-order valence-electron chi connectivity index (χ0n) is 18.7. The van der Waals surface area contributed by atoms with Crippen LogP contribution >= 0.6 is 0 Å². The average Bonchev–Trinajstić information content (AvgIpc) is 3.42. The van der Waals surface area contributed by atoms with Crippen molar-refractivity contribution in [2.75, 3.05) is 17.8 Å². The number of rotatable bonds is 7. The van der Waals surface area contributed by atoms with Crippen molar-refractivity contribution in [3.8, 4) is 0 Å². The number of benzene rings is 2. The third-order valence-electron chi connectivity index (χ3n) is 6.71. The third kappa shape index (κ3) is 3.96. The molecule has 0 aromatic heterocycles. The SMILES string of the molecule is Cc1ccc(S(=O)(=O)Nc2ccc(CC3C(N4CCC5O[C@@]54C(=O)O)=CCCN3O)cc2)cc1. The van der Waals surface area contributed by atoms with E-state index in [4.69, 9.17) is 4.74 Å². The van der Waals surface area contributed by atoms with Crippen LogP contribution in [0.5, 0.6) is 0 Å². The van der Waals surface area contributed by atoms with E-state index < -0.39 is 27.8 Å². The Balaban J connectivity index is 1.32. The van der Waals surface area contributed by atoms with Crippen LogP contribution < -0.4 is 4.72 Å². The summed E-state index contributed by atoms with van der Waals surface area (Å²) in [6, 6.07) is 13.2. The van der Waals surface area contributed by atoms with Crippen LogP contribution in [0.15, 0.2) is 65.2 Å². The average molecular weight is 486 g/mol. The third-order valence-corrected chi connectivity index (χ3v) is 8.11. The number of hydrogen-bond donors (Lipinski definition) is 3. The molecule has 3 aliphatic rings. The lowest BCUT2D eigenvalue weighted by molar-refractivity contribution is -0.153. The Morgan fingerprint density at radius 3 is 2.50 bits per heavy atom. The number of carboxylic acids is 1. The summed E-state index contributed by atoms with van der Waals surface area (Å²) in [4.78, 5) is 13.9. The molecule has 9 nitrogen and oxygen atoms in total. The molecular formula is C24H27N3O6S. The van der Waals surface area contributed by atoms with Crippen molar-refractivity contribution in [1.29, 1.82) is 0 Å².